The van der Waals surface area contributed by atoms with Gasteiger partial charge < -0.3 is 10.1 Å². The molecule has 0 aliphatic rings. The van der Waals surface area contributed by atoms with Crippen molar-refractivity contribution in [3.63, 3.8) is 0 Å². The van der Waals surface area contributed by atoms with Gasteiger partial charge in [0.2, 0.25) is 10.0 Å². The fourth-order valence-electron chi connectivity index (χ4n) is 2.02. The molecule has 0 aliphatic heterocycles. The molecule has 3 N–H and O–H groups in total. The molecule has 0 radical (unpaired) electrons. The second-order valence-electron chi connectivity index (χ2n) is 5.04. The molecule has 1 aromatic heterocycles. The second-order valence-corrected chi connectivity index (χ2v) is 6.77. The van der Waals surface area contributed by atoms with E-state index in [0.717, 1.165) is 13.1 Å². The SMILES string of the molecule is CC(C(=O)O)n1c(=O)[nH]cc(NS(=O)(=O)Cc2ccccc2)c1=O. The van der Waals surface area contributed by atoms with Crippen LogP contribution in [0.3, 0.4) is 0 Å². The first kappa shape index (κ1) is 17.5. The Morgan fingerprint density at radius 3 is 2.50 bits per heavy atom. The average Bonchev–Trinajstić information content (AvgIpc) is 2.50. The molecule has 24 heavy (non-hydrogen) atoms. The molecule has 0 amide bonds. The summed E-state index contributed by atoms with van der Waals surface area (Å²) in [5.41, 5.74) is -1.90. The largest absolute Gasteiger partial charge is 0.480 e. The number of nitrogens with zero attached hydrogens (tertiary/aromatic N) is 1. The molecule has 10 heteroatoms. The molecule has 2 rings (SSSR count). The molecule has 0 saturated carbocycles. The quantitative estimate of drug-likeness (QED) is 0.674. The van der Waals surface area contributed by atoms with Gasteiger partial charge in [-0.25, -0.2) is 22.6 Å². The number of rotatable bonds is 6. The van der Waals surface area contributed by atoms with Gasteiger partial charge >= 0.3 is 11.7 Å². The van der Waals surface area contributed by atoms with E-state index in [9.17, 15) is 22.8 Å². The van der Waals surface area contributed by atoms with Crippen molar-refractivity contribution in [2.24, 2.45) is 0 Å². The standard InChI is InChI=1S/C14H15N3O6S/c1-9(13(19)20)17-12(18)11(7-15-14(17)21)16-24(22,23)8-10-5-3-2-4-6-10/h2-7,9,16H,8H2,1H3,(H,15,21)(H,19,20). The van der Waals surface area contributed by atoms with Gasteiger partial charge in [-0.05, 0) is 12.5 Å². The molecule has 1 unspecified atom stereocenters. The molecule has 0 fully saturated rings. The van der Waals surface area contributed by atoms with Crippen LogP contribution in [0.4, 0.5) is 5.69 Å². The zero-order chi connectivity index (χ0) is 17.9. The summed E-state index contributed by atoms with van der Waals surface area (Å²) in [7, 11) is -3.92. The molecule has 0 saturated heterocycles. The summed E-state index contributed by atoms with van der Waals surface area (Å²) in [4.78, 5) is 37.0. The maximum Gasteiger partial charge on any atom is 0.329 e. The molecule has 128 valence electrons. The van der Waals surface area contributed by atoms with Crippen molar-refractivity contribution in [3.8, 4) is 0 Å². The van der Waals surface area contributed by atoms with E-state index in [4.69, 9.17) is 5.11 Å². The van der Waals surface area contributed by atoms with E-state index in [1.165, 1.54) is 0 Å². The monoisotopic (exact) mass is 353 g/mol. The Bertz CT molecular complexity index is 962. The number of H-pyrrole nitrogens is 1. The van der Waals surface area contributed by atoms with Gasteiger partial charge in [-0.3, -0.25) is 9.52 Å². The molecular weight excluding hydrogens is 338 g/mol. The number of aromatic amines is 1. The fraction of sp³-hybridized carbons (Fsp3) is 0.214. The molecule has 1 atom stereocenters. The number of hydrogen-bond donors (Lipinski definition) is 3. The van der Waals surface area contributed by atoms with Crippen LogP contribution in [0.1, 0.15) is 18.5 Å². The summed E-state index contributed by atoms with van der Waals surface area (Å²) in [6, 6.07) is 6.85. The number of sulfonamides is 1. The number of aromatic nitrogens is 2. The van der Waals surface area contributed by atoms with Crippen LogP contribution in [-0.4, -0.2) is 29.0 Å². The number of nitrogens with one attached hydrogen (secondary N) is 2. The second kappa shape index (κ2) is 6.71. The molecule has 1 aromatic carbocycles. The van der Waals surface area contributed by atoms with Crippen molar-refractivity contribution < 1.29 is 18.3 Å². The first-order chi connectivity index (χ1) is 11.2. The predicted molar refractivity (Wildman–Crippen MR) is 86.4 cm³/mol. The highest BCUT2D eigenvalue weighted by Crippen LogP contribution is 2.09. The van der Waals surface area contributed by atoms with Crippen LogP contribution >= 0.6 is 0 Å². The summed E-state index contributed by atoms with van der Waals surface area (Å²) >= 11 is 0. The van der Waals surface area contributed by atoms with Gasteiger partial charge in [0.1, 0.15) is 11.7 Å². The number of carbonyl (C=O) groups is 1. The van der Waals surface area contributed by atoms with Crippen molar-refractivity contribution in [2.45, 2.75) is 18.7 Å². The van der Waals surface area contributed by atoms with E-state index >= 15 is 0 Å². The summed E-state index contributed by atoms with van der Waals surface area (Å²) in [5, 5.41) is 8.95. The number of hydrogen-bond acceptors (Lipinski definition) is 5. The molecular formula is C14H15N3O6S. The van der Waals surface area contributed by atoms with E-state index in [0.29, 0.717) is 10.1 Å². The van der Waals surface area contributed by atoms with Crippen LogP contribution in [0.5, 0.6) is 0 Å². The molecule has 0 spiro atoms. The van der Waals surface area contributed by atoms with E-state index in [2.05, 4.69) is 9.71 Å². The van der Waals surface area contributed by atoms with Gasteiger partial charge in [0.05, 0.1) is 5.75 Å². The van der Waals surface area contributed by atoms with Crippen LogP contribution in [0, 0.1) is 0 Å². The maximum atomic E-state index is 12.2. The lowest BCUT2D eigenvalue weighted by atomic mass is 10.2. The highest BCUT2D eigenvalue weighted by Gasteiger charge is 2.21. The van der Waals surface area contributed by atoms with Crippen LogP contribution in [0.15, 0.2) is 46.1 Å². The molecule has 1 heterocycles. The summed E-state index contributed by atoms with van der Waals surface area (Å²) in [6.07, 6.45) is 0.901. The van der Waals surface area contributed by atoms with E-state index in [-0.39, 0.29) is 5.75 Å². The van der Waals surface area contributed by atoms with Crippen molar-refractivity contribution in [1.82, 2.24) is 9.55 Å². The first-order valence-electron chi connectivity index (χ1n) is 6.83. The Morgan fingerprint density at radius 1 is 1.29 bits per heavy atom. The highest BCUT2D eigenvalue weighted by atomic mass is 32.2. The molecule has 9 nitrogen and oxygen atoms in total. The van der Waals surface area contributed by atoms with Gasteiger partial charge in [0.25, 0.3) is 5.56 Å². The first-order valence-corrected chi connectivity index (χ1v) is 8.48. The van der Waals surface area contributed by atoms with Gasteiger partial charge in [0, 0.05) is 6.20 Å². The number of carboxylic acid groups (broad SMARTS) is 1. The number of carboxylic acids is 1. The zero-order valence-electron chi connectivity index (χ0n) is 12.6. The van der Waals surface area contributed by atoms with Crippen LogP contribution in [0.25, 0.3) is 0 Å². The third-order valence-corrected chi connectivity index (χ3v) is 4.46. The van der Waals surface area contributed by atoms with Crippen molar-refractivity contribution in [1.29, 1.82) is 0 Å². The van der Waals surface area contributed by atoms with E-state index in [1.54, 1.807) is 30.3 Å². The maximum absolute atomic E-state index is 12.2. The van der Waals surface area contributed by atoms with E-state index in [1.807, 2.05) is 0 Å². The lowest BCUT2D eigenvalue weighted by molar-refractivity contribution is -0.140. The lowest BCUT2D eigenvalue weighted by Crippen LogP contribution is -2.41. The Labute approximate surface area is 136 Å². The Morgan fingerprint density at radius 2 is 1.92 bits per heavy atom. The summed E-state index contributed by atoms with van der Waals surface area (Å²) in [6.45, 7) is 1.14. The van der Waals surface area contributed by atoms with Gasteiger partial charge in [-0.2, -0.15) is 0 Å². The Balaban J connectivity index is 2.37. The Kier molecular flexibility index (Phi) is 4.88. The lowest BCUT2D eigenvalue weighted by Gasteiger charge is -2.12. The molecule has 0 aliphatic carbocycles. The predicted octanol–water partition coefficient (Wildman–Crippen LogP) is 0.124. The number of anilines is 1. The molecule has 0 bridgehead atoms. The van der Waals surface area contributed by atoms with Crippen LogP contribution in [0.2, 0.25) is 0 Å². The van der Waals surface area contributed by atoms with E-state index < -0.39 is 39.0 Å². The van der Waals surface area contributed by atoms with Crippen molar-refractivity contribution in [2.75, 3.05) is 4.72 Å². The molecule has 2 aromatic rings. The topological polar surface area (TPSA) is 138 Å². The van der Waals surface area contributed by atoms with Gasteiger partial charge in [-0.1, -0.05) is 30.3 Å². The normalized spacial score (nSPS) is 12.5. The third-order valence-electron chi connectivity index (χ3n) is 3.22. The van der Waals surface area contributed by atoms with Crippen molar-refractivity contribution in [3.05, 3.63) is 62.9 Å². The van der Waals surface area contributed by atoms with Crippen LogP contribution < -0.4 is 16.0 Å². The summed E-state index contributed by atoms with van der Waals surface area (Å²) < 4.78 is 26.8. The number of benzene rings is 1. The third kappa shape index (κ3) is 3.90. The average molecular weight is 353 g/mol. The highest BCUT2D eigenvalue weighted by molar-refractivity contribution is 7.91. The smallest absolute Gasteiger partial charge is 0.329 e. The van der Waals surface area contributed by atoms with Crippen molar-refractivity contribution >= 4 is 21.7 Å². The zero-order valence-corrected chi connectivity index (χ0v) is 13.4. The minimum atomic E-state index is -3.92. The minimum absolute atomic E-state index is 0.374. The van der Waals surface area contributed by atoms with Gasteiger partial charge in [0.15, 0.2) is 0 Å². The minimum Gasteiger partial charge on any atom is -0.480 e. The van der Waals surface area contributed by atoms with Crippen LogP contribution in [-0.2, 0) is 20.6 Å². The number of aliphatic carboxylic acids is 1. The van der Waals surface area contributed by atoms with Gasteiger partial charge in [-0.15, -0.1) is 0 Å². The summed E-state index contributed by atoms with van der Waals surface area (Å²) in [5.74, 6) is -1.77. The Hall–Kier alpha value is -2.88. The fourth-order valence-corrected chi connectivity index (χ4v) is 3.20.